The summed E-state index contributed by atoms with van der Waals surface area (Å²) < 4.78 is 40.6. The Bertz CT molecular complexity index is 217. The first kappa shape index (κ1) is 11.3. The first-order valence-corrected chi connectivity index (χ1v) is 4.32. The molecule has 0 aromatic heterocycles. The Kier molecular flexibility index (Phi) is 3.36. The Labute approximate surface area is 79.8 Å². The van der Waals surface area contributed by atoms with Gasteiger partial charge in [0.1, 0.15) is 6.04 Å². The van der Waals surface area contributed by atoms with Gasteiger partial charge in [-0.05, 0) is 19.4 Å². The van der Waals surface area contributed by atoms with Crippen molar-refractivity contribution in [1.82, 2.24) is 4.90 Å². The number of methoxy groups -OCH3 is 1. The van der Waals surface area contributed by atoms with Crippen molar-refractivity contribution in [3.8, 4) is 0 Å². The molecule has 3 nitrogen and oxygen atoms in total. The molecule has 0 aromatic carbocycles. The molecular formula is C8H12F3NO2. The quantitative estimate of drug-likeness (QED) is 0.642. The number of ether oxygens (including phenoxy) is 1. The summed E-state index contributed by atoms with van der Waals surface area (Å²) in [6.45, 7) is -0.730. The van der Waals surface area contributed by atoms with Crippen LogP contribution in [0, 0.1) is 0 Å². The molecular weight excluding hydrogens is 199 g/mol. The number of halogens is 3. The number of rotatable bonds is 2. The second-order valence-corrected chi connectivity index (χ2v) is 3.27. The predicted molar refractivity (Wildman–Crippen MR) is 42.7 cm³/mol. The number of likely N-dealkylation sites (tertiary alicyclic amines) is 1. The molecule has 0 unspecified atom stereocenters. The Balaban J connectivity index is 2.56. The fraction of sp³-hybridized carbons (Fsp3) is 0.875. The average molecular weight is 211 g/mol. The Hall–Kier alpha value is -0.780. The third kappa shape index (κ3) is 2.87. The predicted octanol–water partition coefficient (Wildman–Crippen LogP) is 1.19. The van der Waals surface area contributed by atoms with Crippen LogP contribution in [0.5, 0.6) is 0 Å². The van der Waals surface area contributed by atoms with Gasteiger partial charge in [0.05, 0.1) is 13.7 Å². The molecule has 0 saturated carbocycles. The highest BCUT2D eigenvalue weighted by Gasteiger charge is 2.39. The zero-order valence-electron chi connectivity index (χ0n) is 7.80. The largest absolute Gasteiger partial charge is 0.468 e. The Morgan fingerprint density at radius 1 is 1.57 bits per heavy atom. The van der Waals surface area contributed by atoms with Gasteiger partial charge in [0.15, 0.2) is 0 Å². The van der Waals surface area contributed by atoms with Gasteiger partial charge in [-0.2, -0.15) is 13.2 Å². The number of hydrogen-bond acceptors (Lipinski definition) is 3. The third-order valence-corrected chi connectivity index (χ3v) is 2.22. The van der Waals surface area contributed by atoms with Gasteiger partial charge in [-0.15, -0.1) is 0 Å². The lowest BCUT2D eigenvalue weighted by atomic mass is 10.2. The summed E-state index contributed by atoms with van der Waals surface area (Å²) in [6.07, 6.45) is -3.20. The molecule has 0 amide bonds. The fourth-order valence-electron chi connectivity index (χ4n) is 1.65. The topological polar surface area (TPSA) is 29.5 Å². The second-order valence-electron chi connectivity index (χ2n) is 3.27. The molecule has 0 spiro atoms. The van der Waals surface area contributed by atoms with Crippen molar-refractivity contribution in [3.05, 3.63) is 0 Å². The SMILES string of the molecule is COC(=O)[C@@H]1CCCN1CC(F)(F)F. The van der Waals surface area contributed by atoms with E-state index in [1.165, 1.54) is 7.11 Å². The zero-order chi connectivity index (χ0) is 10.8. The average Bonchev–Trinajstić information content (AvgIpc) is 2.48. The fourth-order valence-corrected chi connectivity index (χ4v) is 1.65. The minimum Gasteiger partial charge on any atom is -0.468 e. The lowest BCUT2D eigenvalue weighted by Crippen LogP contribution is -2.42. The molecule has 6 heteroatoms. The summed E-state index contributed by atoms with van der Waals surface area (Å²) in [6, 6.07) is -0.721. The van der Waals surface area contributed by atoms with Crippen molar-refractivity contribution in [2.24, 2.45) is 0 Å². The molecule has 1 rings (SSSR count). The van der Waals surface area contributed by atoms with Gasteiger partial charge in [-0.25, -0.2) is 0 Å². The minimum atomic E-state index is -4.25. The normalized spacial score (nSPS) is 23.9. The van der Waals surface area contributed by atoms with Crippen LogP contribution in [0.15, 0.2) is 0 Å². The van der Waals surface area contributed by atoms with Crippen LogP contribution in [0.25, 0.3) is 0 Å². The third-order valence-electron chi connectivity index (χ3n) is 2.22. The van der Waals surface area contributed by atoms with Crippen LogP contribution in [0.1, 0.15) is 12.8 Å². The second kappa shape index (κ2) is 4.16. The van der Waals surface area contributed by atoms with Crippen LogP contribution in [-0.2, 0) is 9.53 Å². The zero-order valence-corrected chi connectivity index (χ0v) is 7.80. The number of hydrogen-bond donors (Lipinski definition) is 0. The van der Waals surface area contributed by atoms with E-state index in [1.807, 2.05) is 0 Å². The molecule has 1 aliphatic rings. The van der Waals surface area contributed by atoms with E-state index in [2.05, 4.69) is 4.74 Å². The number of carbonyl (C=O) groups is 1. The van der Waals surface area contributed by atoms with Gasteiger partial charge in [0, 0.05) is 0 Å². The maximum atomic E-state index is 12.1. The van der Waals surface area contributed by atoms with Crippen molar-refractivity contribution < 1.29 is 22.7 Å². The monoisotopic (exact) mass is 211 g/mol. The van der Waals surface area contributed by atoms with E-state index < -0.39 is 24.7 Å². The Morgan fingerprint density at radius 2 is 2.21 bits per heavy atom. The molecule has 0 N–H and O–H groups in total. The van der Waals surface area contributed by atoms with E-state index >= 15 is 0 Å². The van der Waals surface area contributed by atoms with Crippen molar-refractivity contribution in [2.75, 3.05) is 20.2 Å². The summed E-state index contributed by atoms with van der Waals surface area (Å²) in [4.78, 5) is 12.2. The summed E-state index contributed by atoms with van der Waals surface area (Å²) in [5.41, 5.74) is 0. The molecule has 82 valence electrons. The molecule has 1 aliphatic heterocycles. The van der Waals surface area contributed by atoms with Crippen molar-refractivity contribution in [3.63, 3.8) is 0 Å². The molecule has 14 heavy (non-hydrogen) atoms. The summed E-state index contributed by atoms with van der Waals surface area (Å²) in [5.74, 6) is -0.577. The first-order chi connectivity index (χ1) is 6.44. The summed E-state index contributed by atoms with van der Waals surface area (Å²) >= 11 is 0. The van der Waals surface area contributed by atoms with Crippen LogP contribution < -0.4 is 0 Å². The molecule has 1 heterocycles. The van der Waals surface area contributed by atoms with E-state index in [1.54, 1.807) is 0 Å². The highest BCUT2D eigenvalue weighted by atomic mass is 19.4. The number of esters is 1. The first-order valence-electron chi connectivity index (χ1n) is 4.32. The van der Waals surface area contributed by atoms with Crippen molar-refractivity contribution in [1.29, 1.82) is 0 Å². The smallest absolute Gasteiger partial charge is 0.401 e. The standard InChI is InChI=1S/C8H12F3NO2/c1-14-7(13)6-3-2-4-12(6)5-8(9,10)11/h6H,2-5H2,1H3/t6-/m0/s1. The van der Waals surface area contributed by atoms with Gasteiger partial charge in [0.2, 0.25) is 0 Å². The van der Waals surface area contributed by atoms with E-state index in [0.29, 0.717) is 19.4 Å². The van der Waals surface area contributed by atoms with E-state index in [0.717, 1.165) is 4.90 Å². The highest BCUT2D eigenvalue weighted by molar-refractivity contribution is 5.75. The lowest BCUT2D eigenvalue weighted by Gasteiger charge is -2.23. The summed E-state index contributed by atoms with van der Waals surface area (Å²) in [5, 5.41) is 0. The number of carbonyl (C=O) groups excluding carboxylic acids is 1. The van der Waals surface area contributed by atoms with Gasteiger partial charge in [-0.3, -0.25) is 9.69 Å². The number of alkyl halides is 3. The highest BCUT2D eigenvalue weighted by Crippen LogP contribution is 2.24. The van der Waals surface area contributed by atoms with Gasteiger partial charge in [0.25, 0.3) is 0 Å². The maximum absolute atomic E-state index is 12.1. The molecule has 0 bridgehead atoms. The van der Waals surface area contributed by atoms with Crippen LogP contribution >= 0.6 is 0 Å². The van der Waals surface area contributed by atoms with Crippen molar-refractivity contribution >= 4 is 5.97 Å². The van der Waals surface area contributed by atoms with Gasteiger partial charge < -0.3 is 4.74 Å². The van der Waals surface area contributed by atoms with E-state index in [-0.39, 0.29) is 0 Å². The van der Waals surface area contributed by atoms with Crippen LogP contribution in [-0.4, -0.2) is 43.3 Å². The number of nitrogens with zero attached hydrogens (tertiary/aromatic N) is 1. The molecule has 0 radical (unpaired) electrons. The van der Waals surface area contributed by atoms with Crippen LogP contribution in [0.2, 0.25) is 0 Å². The maximum Gasteiger partial charge on any atom is 0.401 e. The van der Waals surface area contributed by atoms with Crippen molar-refractivity contribution in [2.45, 2.75) is 25.1 Å². The van der Waals surface area contributed by atoms with Crippen LogP contribution in [0.4, 0.5) is 13.2 Å². The lowest BCUT2D eigenvalue weighted by molar-refractivity contribution is -0.159. The van der Waals surface area contributed by atoms with Crippen LogP contribution in [0.3, 0.4) is 0 Å². The summed E-state index contributed by atoms with van der Waals surface area (Å²) in [7, 11) is 1.19. The molecule has 1 saturated heterocycles. The minimum absolute atomic E-state index is 0.305. The van der Waals surface area contributed by atoms with E-state index in [4.69, 9.17) is 0 Å². The molecule has 0 aliphatic carbocycles. The molecule has 1 atom stereocenters. The van der Waals surface area contributed by atoms with Gasteiger partial charge >= 0.3 is 12.1 Å². The van der Waals surface area contributed by atoms with E-state index in [9.17, 15) is 18.0 Å². The Morgan fingerprint density at radius 3 is 2.71 bits per heavy atom. The molecule has 0 aromatic rings. The molecule has 1 fully saturated rings. The van der Waals surface area contributed by atoms with Gasteiger partial charge in [-0.1, -0.05) is 0 Å².